The molecule has 2 atom stereocenters. The van der Waals surface area contributed by atoms with E-state index < -0.39 is 0 Å². The highest BCUT2D eigenvalue weighted by Gasteiger charge is 2.29. The molecule has 1 aliphatic rings. The summed E-state index contributed by atoms with van der Waals surface area (Å²) in [6, 6.07) is 0.230. The number of hydrogen-bond acceptors (Lipinski definition) is 5. The smallest absolute Gasteiger partial charge is 0.267 e. The number of amides is 1. The SMILES string of the molecule is CCC1CN(C(=O)c2cnns2)CCC1N. The van der Waals surface area contributed by atoms with E-state index in [-0.39, 0.29) is 11.9 Å². The molecule has 2 rings (SSSR count). The maximum Gasteiger partial charge on any atom is 0.267 e. The first-order valence-corrected chi connectivity index (χ1v) is 6.32. The van der Waals surface area contributed by atoms with Crippen LogP contribution in [0.5, 0.6) is 0 Å². The van der Waals surface area contributed by atoms with Gasteiger partial charge in [-0.3, -0.25) is 4.79 Å². The van der Waals surface area contributed by atoms with Gasteiger partial charge in [0.15, 0.2) is 0 Å². The van der Waals surface area contributed by atoms with Gasteiger partial charge in [0, 0.05) is 19.1 Å². The van der Waals surface area contributed by atoms with Crippen LogP contribution in [0.25, 0.3) is 0 Å². The summed E-state index contributed by atoms with van der Waals surface area (Å²) < 4.78 is 3.71. The van der Waals surface area contributed by atoms with Gasteiger partial charge in [-0.05, 0) is 23.9 Å². The third-order valence-corrected chi connectivity index (χ3v) is 3.83. The first-order chi connectivity index (χ1) is 7.72. The highest BCUT2D eigenvalue weighted by atomic mass is 32.1. The third-order valence-electron chi connectivity index (χ3n) is 3.18. The number of rotatable bonds is 2. The van der Waals surface area contributed by atoms with Crippen molar-refractivity contribution >= 4 is 17.4 Å². The van der Waals surface area contributed by atoms with Crippen LogP contribution in [-0.2, 0) is 0 Å². The Morgan fingerprint density at radius 3 is 3.19 bits per heavy atom. The maximum absolute atomic E-state index is 12.0. The molecule has 0 bridgehead atoms. The lowest BCUT2D eigenvalue weighted by molar-refractivity contribution is 0.0654. The molecule has 1 aliphatic heterocycles. The Hall–Kier alpha value is -1.01. The number of hydrogen-bond donors (Lipinski definition) is 1. The van der Waals surface area contributed by atoms with Crippen LogP contribution < -0.4 is 5.73 Å². The normalized spacial score (nSPS) is 25.8. The Bertz CT molecular complexity index is 354. The predicted octanol–water partition coefficient (Wildman–Crippen LogP) is 0.737. The number of carbonyl (C=O) groups is 1. The highest BCUT2D eigenvalue weighted by Crippen LogP contribution is 2.20. The zero-order valence-electron chi connectivity index (χ0n) is 9.30. The number of nitrogens with two attached hydrogens (primary N) is 1. The molecule has 1 saturated heterocycles. The van der Waals surface area contributed by atoms with E-state index in [0.717, 1.165) is 37.5 Å². The molecule has 0 radical (unpaired) electrons. The van der Waals surface area contributed by atoms with Crippen LogP contribution in [0, 0.1) is 5.92 Å². The van der Waals surface area contributed by atoms with Gasteiger partial charge in [-0.2, -0.15) is 0 Å². The van der Waals surface area contributed by atoms with Crippen LogP contribution in [0.2, 0.25) is 0 Å². The lowest BCUT2D eigenvalue weighted by Crippen LogP contribution is -2.48. The van der Waals surface area contributed by atoms with Crippen molar-refractivity contribution in [1.29, 1.82) is 0 Å². The number of likely N-dealkylation sites (tertiary alicyclic amines) is 1. The number of nitrogens with zero attached hydrogens (tertiary/aromatic N) is 3. The van der Waals surface area contributed by atoms with Crippen molar-refractivity contribution in [3.05, 3.63) is 11.1 Å². The molecule has 2 N–H and O–H groups in total. The molecular formula is C10H16N4OS. The van der Waals surface area contributed by atoms with E-state index in [4.69, 9.17) is 5.73 Å². The second-order valence-electron chi connectivity index (χ2n) is 4.15. The monoisotopic (exact) mass is 240 g/mol. The Morgan fingerprint density at radius 1 is 1.75 bits per heavy atom. The van der Waals surface area contributed by atoms with E-state index in [0.29, 0.717) is 10.8 Å². The van der Waals surface area contributed by atoms with E-state index >= 15 is 0 Å². The first-order valence-electron chi connectivity index (χ1n) is 5.54. The molecule has 1 aromatic heterocycles. The molecule has 1 aromatic rings. The predicted molar refractivity (Wildman–Crippen MR) is 62.2 cm³/mol. The fourth-order valence-corrected chi connectivity index (χ4v) is 2.57. The number of carbonyl (C=O) groups excluding carboxylic acids is 1. The zero-order valence-corrected chi connectivity index (χ0v) is 10.1. The minimum atomic E-state index is 0.0420. The quantitative estimate of drug-likeness (QED) is 0.827. The van der Waals surface area contributed by atoms with Gasteiger partial charge in [0.2, 0.25) is 0 Å². The average Bonchev–Trinajstić information content (AvgIpc) is 2.82. The minimum Gasteiger partial charge on any atom is -0.337 e. The second-order valence-corrected chi connectivity index (χ2v) is 4.94. The number of piperidine rings is 1. The van der Waals surface area contributed by atoms with Gasteiger partial charge < -0.3 is 10.6 Å². The van der Waals surface area contributed by atoms with Gasteiger partial charge in [-0.25, -0.2) is 0 Å². The van der Waals surface area contributed by atoms with Crippen molar-refractivity contribution in [1.82, 2.24) is 14.5 Å². The summed E-state index contributed by atoms with van der Waals surface area (Å²) in [5.41, 5.74) is 6.01. The van der Waals surface area contributed by atoms with Crippen LogP contribution >= 0.6 is 11.5 Å². The van der Waals surface area contributed by atoms with Crippen LogP contribution in [0.4, 0.5) is 0 Å². The summed E-state index contributed by atoms with van der Waals surface area (Å²) in [6.07, 6.45) is 3.44. The summed E-state index contributed by atoms with van der Waals surface area (Å²) >= 11 is 1.15. The molecule has 0 aromatic carbocycles. The van der Waals surface area contributed by atoms with Crippen LogP contribution in [-0.4, -0.2) is 39.5 Å². The summed E-state index contributed by atoms with van der Waals surface area (Å²) in [6.45, 7) is 3.62. The van der Waals surface area contributed by atoms with Crippen molar-refractivity contribution in [2.45, 2.75) is 25.8 Å². The zero-order chi connectivity index (χ0) is 11.5. The van der Waals surface area contributed by atoms with Crippen molar-refractivity contribution in [2.75, 3.05) is 13.1 Å². The molecule has 6 heteroatoms. The fraction of sp³-hybridized carbons (Fsp3) is 0.700. The van der Waals surface area contributed by atoms with Crippen molar-refractivity contribution in [3.63, 3.8) is 0 Å². The Morgan fingerprint density at radius 2 is 2.56 bits per heavy atom. The van der Waals surface area contributed by atoms with Crippen molar-refractivity contribution < 1.29 is 4.79 Å². The largest absolute Gasteiger partial charge is 0.337 e. The van der Waals surface area contributed by atoms with E-state index in [1.165, 1.54) is 6.20 Å². The lowest BCUT2D eigenvalue weighted by Gasteiger charge is -2.36. The lowest BCUT2D eigenvalue weighted by atomic mass is 9.90. The topological polar surface area (TPSA) is 72.1 Å². The fourth-order valence-electron chi connectivity index (χ4n) is 2.08. The Kier molecular flexibility index (Phi) is 3.50. The van der Waals surface area contributed by atoms with Crippen molar-refractivity contribution in [3.8, 4) is 0 Å². The van der Waals surface area contributed by atoms with Gasteiger partial charge >= 0.3 is 0 Å². The molecule has 1 fully saturated rings. The van der Waals surface area contributed by atoms with Crippen LogP contribution in [0.1, 0.15) is 29.4 Å². The number of aromatic nitrogens is 2. The summed E-state index contributed by atoms with van der Waals surface area (Å²) in [5.74, 6) is 0.457. The minimum absolute atomic E-state index is 0.0420. The molecule has 5 nitrogen and oxygen atoms in total. The molecule has 0 spiro atoms. The molecule has 2 unspecified atom stereocenters. The second kappa shape index (κ2) is 4.88. The van der Waals surface area contributed by atoms with E-state index in [2.05, 4.69) is 16.5 Å². The van der Waals surface area contributed by atoms with Gasteiger partial charge in [-0.1, -0.05) is 17.8 Å². The maximum atomic E-state index is 12.0. The molecule has 16 heavy (non-hydrogen) atoms. The highest BCUT2D eigenvalue weighted by molar-refractivity contribution is 7.07. The molecule has 1 amide bonds. The summed E-state index contributed by atoms with van der Waals surface area (Å²) in [5, 5.41) is 3.69. The summed E-state index contributed by atoms with van der Waals surface area (Å²) in [7, 11) is 0. The molecule has 2 heterocycles. The van der Waals surface area contributed by atoms with Crippen LogP contribution in [0.15, 0.2) is 6.20 Å². The molecule has 0 saturated carbocycles. The van der Waals surface area contributed by atoms with Gasteiger partial charge in [0.1, 0.15) is 4.88 Å². The van der Waals surface area contributed by atoms with Crippen molar-refractivity contribution in [2.24, 2.45) is 11.7 Å². The third kappa shape index (κ3) is 2.22. The Balaban J connectivity index is 2.03. The van der Waals surface area contributed by atoms with E-state index in [1.807, 2.05) is 4.90 Å². The molecule has 0 aliphatic carbocycles. The Labute approximate surface area is 98.8 Å². The first kappa shape index (κ1) is 11.5. The molecular weight excluding hydrogens is 224 g/mol. The van der Waals surface area contributed by atoms with E-state index in [9.17, 15) is 4.79 Å². The van der Waals surface area contributed by atoms with Gasteiger partial charge in [-0.15, -0.1) is 5.10 Å². The molecule has 88 valence electrons. The van der Waals surface area contributed by atoms with E-state index in [1.54, 1.807) is 0 Å². The van der Waals surface area contributed by atoms with Crippen LogP contribution in [0.3, 0.4) is 0 Å². The standard InChI is InChI=1S/C10H16N4OS/c1-2-7-6-14(4-3-8(7)11)10(15)9-5-12-13-16-9/h5,7-8H,2-4,6,11H2,1H3. The van der Waals surface area contributed by atoms with Gasteiger partial charge in [0.05, 0.1) is 6.20 Å². The summed E-state index contributed by atoms with van der Waals surface area (Å²) in [4.78, 5) is 14.5. The average molecular weight is 240 g/mol. The van der Waals surface area contributed by atoms with Gasteiger partial charge in [0.25, 0.3) is 5.91 Å².